The van der Waals surface area contributed by atoms with E-state index in [0.717, 1.165) is 32.0 Å². The highest BCUT2D eigenvalue weighted by atomic mass is 16.5. The quantitative estimate of drug-likeness (QED) is 0.628. The van der Waals surface area contributed by atoms with Crippen molar-refractivity contribution in [2.24, 2.45) is 0 Å². The van der Waals surface area contributed by atoms with E-state index in [0.29, 0.717) is 0 Å². The second kappa shape index (κ2) is 2.92. The normalized spacial score (nSPS) is 18.7. The van der Waals surface area contributed by atoms with Gasteiger partial charge in [-0.25, -0.2) is 0 Å². The minimum atomic E-state index is 0.825. The van der Waals surface area contributed by atoms with E-state index >= 15 is 0 Å². The van der Waals surface area contributed by atoms with Crippen LogP contribution in [0, 0.1) is 0 Å². The molecule has 0 aliphatic carbocycles. The lowest BCUT2D eigenvalue weighted by atomic mass is 10.4. The summed E-state index contributed by atoms with van der Waals surface area (Å²) in [6, 6.07) is 0. The van der Waals surface area contributed by atoms with Crippen LogP contribution in [0.1, 0.15) is 0 Å². The first-order chi connectivity index (χ1) is 5.47. The number of nitrogens with zero attached hydrogens (tertiary/aromatic N) is 2. The Hall–Kier alpha value is -1.03. The molecule has 0 radical (unpaired) electrons. The van der Waals surface area contributed by atoms with Gasteiger partial charge in [-0.3, -0.25) is 5.10 Å². The molecule has 1 saturated heterocycles. The van der Waals surface area contributed by atoms with Crippen LogP contribution in [-0.2, 0) is 4.74 Å². The average molecular weight is 153 g/mol. The molecule has 0 spiro atoms. The van der Waals surface area contributed by atoms with Crippen molar-refractivity contribution in [3.63, 3.8) is 0 Å². The zero-order chi connectivity index (χ0) is 7.52. The lowest BCUT2D eigenvalue weighted by Gasteiger charge is -2.27. The van der Waals surface area contributed by atoms with E-state index in [2.05, 4.69) is 15.1 Å². The summed E-state index contributed by atoms with van der Waals surface area (Å²) < 4.78 is 5.23. The third kappa shape index (κ3) is 1.35. The monoisotopic (exact) mass is 153 g/mol. The van der Waals surface area contributed by atoms with E-state index < -0.39 is 0 Å². The van der Waals surface area contributed by atoms with Gasteiger partial charge in [0.2, 0.25) is 0 Å². The van der Waals surface area contributed by atoms with Crippen LogP contribution >= 0.6 is 0 Å². The molecule has 0 bridgehead atoms. The SMILES string of the molecule is c1n[nH]cc1N1CCOCC1. The number of morpholine rings is 1. The zero-order valence-electron chi connectivity index (χ0n) is 6.29. The summed E-state index contributed by atoms with van der Waals surface area (Å²) in [6.45, 7) is 3.59. The molecule has 1 N–H and O–H groups in total. The molecule has 0 atom stereocenters. The van der Waals surface area contributed by atoms with Crippen LogP contribution in [0.3, 0.4) is 0 Å². The van der Waals surface area contributed by atoms with Crippen molar-refractivity contribution in [1.82, 2.24) is 10.2 Å². The molecular formula is C7H11N3O. The molecule has 4 nitrogen and oxygen atoms in total. The third-order valence-corrected chi connectivity index (χ3v) is 1.86. The first-order valence-electron chi connectivity index (χ1n) is 3.78. The molecule has 1 aromatic rings. The Morgan fingerprint density at radius 1 is 1.45 bits per heavy atom. The largest absolute Gasteiger partial charge is 0.378 e. The maximum atomic E-state index is 5.23. The molecule has 1 fully saturated rings. The number of anilines is 1. The van der Waals surface area contributed by atoms with Crippen LogP contribution in [0.4, 0.5) is 5.69 Å². The lowest BCUT2D eigenvalue weighted by Crippen LogP contribution is -2.35. The number of nitrogens with one attached hydrogen (secondary N) is 1. The smallest absolute Gasteiger partial charge is 0.0751 e. The fourth-order valence-corrected chi connectivity index (χ4v) is 1.24. The van der Waals surface area contributed by atoms with Gasteiger partial charge in [0.05, 0.1) is 25.1 Å². The predicted octanol–water partition coefficient (Wildman–Crippen LogP) is 0.246. The molecule has 60 valence electrons. The van der Waals surface area contributed by atoms with E-state index in [1.165, 1.54) is 0 Å². The third-order valence-electron chi connectivity index (χ3n) is 1.86. The molecule has 2 heterocycles. The van der Waals surface area contributed by atoms with Gasteiger partial charge < -0.3 is 9.64 Å². The Labute approximate surface area is 65.2 Å². The summed E-state index contributed by atoms with van der Waals surface area (Å²) in [5, 5.41) is 6.68. The molecule has 11 heavy (non-hydrogen) atoms. The Kier molecular flexibility index (Phi) is 1.77. The fraction of sp³-hybridized carbons (Fsp3) is 0.571. The maximum Gasteiger partial charge on any atom is 0.0751 e. The van der Waals surface area contributed by atoms with Crippen molar-refractivity contribution in [3.8, 4) is 0 Å². The summed E-state index contributed by atoms with van der Waals surface area (Å²) >= 11 is 0. The maximum absolute atomic E-state index is 5.23. The highest BCUT2D eigenvalue weighted by molar-refractivity contribution is 5.41. The van der Waals surface area contributed by atoms with Crippen molar-refractivity contribution in [2.45, 2.75) is 0 Å². The molecule has 1 aromatic heterocycles. The number of H-pyrrole nitrogens is 1. The van der Waals surface area contributed by atoms with Crippen molar-refractivity contribution < 1.29 is 4.74 Å². The van der Waals surface area contributed by atoms with E-state index in [9.17, 15) is 0 Å². The van der Waals surface area contributed by atoms with Crippen molar-refractivity contribution in [2.75, 3.05) is 31.2 Å². The summed E-state index contributed by atoms with van der Waals surface area (Å²) in [6.07, 6.45) is 3.75. The Bertz CT molecular complexity index is 203. The second-order valence-corrected chi connectivity index (χ2v) is 2.56. The fourth-order valence-electron chi connectivity index (χ4n) is 1.24. The van der Waals surface area contributed by atoms with Crippen molar-refractivity contribution >= 4 is 5.69 Å². The van der Waals surface area contributed by atoms with Crippen LogP contribution in [0.2, 0.25) is 0 Å². The molecular weight excluding hydrogens is 142 g/mol. The zero-order valence-corrected chi connectivity index (χ0v) is 6.29. The van der Waals surface area contributed by atoms with Gasteiger partial charge in [-0.15, -0.1) is 0 Å². The molecule has 0 aromatic carbocycles. The van der Waals surface area contributed by atoms with Crippen LogP contribution in [-0.4, -0.2) is 36.5 Å². The summed E-state index contributed by atoms with van der Waals surface area (Å²) in [5.41, 5.74) is 1.16. The standard InChI is InChI=1S/C7H11N3O/c1-3-11-4-2-10(1)7-5-8-9-6-7/h5-6H,1-4H2,(H,8,9). The number of ether oxygens (including phenoxy) is 1. The highest BCUT2D eigenvalue weighted by Gasteiger charge is 2.10. The number of hydrogen-bond acceptors (Lipinski definition) is 3. The molecule has 0 saturated carbocycles. The van der Waals surface area contributed by atoms with Crippen molar-refractivity contribution in [1.29, 1.82) is 0 Å². The molecule has 2 rings (SSSR count). The summed E-state index contributed by atoms with van der Waals surface area (Å²) in [4.78, 5) is 2.26. The minimum absolute atomic E-state index is 0.825. The van der Waals surface area contributed by atoms with Crippen molar-refractivity contribution in [3.05, 3.63) is 12.4 Å². The van der Waals surface area contributed by atoms with E-state index in [1.807, 2.05) is 12.4 Å². The Balaban J connectivity index is 2.04. The number of rotatable bonds is 1. The van der Waals surface area contributed by atoms with Gasteiger partial charge in [-0.05, 0) is 0 Å². The number of aromatic amines is 1. The predicted molar refractivity (Wildman–Crippen MR) is 41.6 cm³/mol. The minimum Gasteiger partial charge on any atom is -0.378 e. The van der Waals surface area contributed by atoms with Gasteiger partial charge >= 0.3 is 0 Å². The van der Waals surface area contributed by atoms with E-state index in [1.54, 1.807) is 0 Å². The summed E-state index contributed by atoms with van der Waals surface area (Å²) in [7, 11) is 0. The summed E-state index contributed by atoms with van der Waals surface area (Å²) in [5.74, 6) is 0. The van der Waals surface area contributed by atoms with Gasteiger partial charge in [0, 0.05) is 19.3 Å². The first kappa shape index (κ1) is 6.67. The molecule has 1 aliphatic rings. The van der Waals surface area contributed by atoms with Crippen LogP contribution < -0.4 is 4.90 Å². The topological polar surface area (TPSA) is 41.2 Å². The van der Waals surface area contributed by atoms with Crippen LogP contribution in [0.5, 0.6) is 0 Å². The second-order valence-electron chi connectivity index (χ2n) is 2.56. The number of aromatic nitrogens is 2. The van der Waals surface area contributed by atoms with Gasteiger partial charge in [-0.1, -0.05) is 0 Å². The molecule has 0 amide bonds. The lowest BCUT2D eigenvalue weighted by molar-refractivity contribution is 0.122. The van der Waals surface area contributed by atoms with Gasteiger partial charge in [0.1, 0.15) is 0 Å². The molecule has 0 unspecified atom stereocenters. The van der Waals surface area contributed by atoms with Gasteiger partial charge in [0.15, 0.2) is 0 Å². The first-order valence-corrected chi connectivity index (χ1v) is 3.78. The Morgan fingerprint density at radius 3 is 2.91 bits per heavy atom. The van der Waals surface area contributed by atoms with E-state index in [-0.39, 0.29) is 0 Å². The van der Waals surface area contributed by atoms with Gasteiger partial charge in [0.25, 0.3) is 0 Å². The van der Waals surface area contributed by atoms with Crippen LogP contribution in [0.25, 0.3) is 0 Å². The number of hydrogen-bond donors (Lipinski definition) is 1. The molecule has 4 heteroatoms. The Morgan fingerprint density at radius 2 is 2.27 bits per heavy atom. The highest BCUT2D eigenvalue weighted by Crippen LogP contribution is 2.11. The molecule has 1 aliphatic heterocycles. The van der Waals surface area contributed by atoms with E-state index in [4.69, 9.17) is 4.74 Å². The van der Waals surface area contributed by atoms with Gasteiger partial charge in [-0.2, -0.15) is 5.10 Å². The van der Waals surface area contributed by atoms with Crippen LogP contribution in [0.15, 0.2) is 12.4 Å². The average Bonchev–Trinajstić information content (AvgIpc) is 2.58.